The molecule has 0 fully saturated rings. The average molecular weight is 157 g/mol. The third-order valence-electron chi connectivity index (χ3n) is 0.913. The molecule has 0 aromatic rings. The lowest BCUT2D eigenvalue weighted by Gasteiger charge is -2.24. The molecule has 0 aromatic heterocycles. The molecule has 0 amide bonds. The van der Waals surface area contributed by atoms with Crippen LogP contribution in [0.15, 0.2) is 0 Å². The highest BCUT2D eigenvalue weighted by atomic mass is 35.5. The summed E-state index contributed by atoms with van der Waals surface area (Å²) in [6.45, 7) is 0. The summed E-state index contributed by atoms with van der Waals surface area (Å²) in [5, 5.41) is 3.51. The first-order valence-corrected chi connectivity index (χ1v) is 3.11. The van der Waals surface area contributed by atoms with Crippen molar-refractivity contribution in [3.63, 3.8) is 0 Å². The van der Waals surface area contributed by atoms with E-state index in [9.17, 15) is 0 Å². The van der Waals surface area contributed by atoms with Gasteiger partial charge in [-0.2, -0.15) is 0 Å². The Bertz CT molecular complexity index is 57.1. The maximum atomic E-state index is 5.47. The maximum Gasteiger partial charge on any atom is 0.172 e. The summed E-state index contributed by atoms with van der Waals surface area (Å²) in [5.74, 6) is 0. The molecule has 0 aliphatic rings. The first-order valence-electron chi connectivity index (χ1n) is 2.24. The van der Waals surface area contributed by atoms with E-state index in [0.29, 0.717) is 0 Å². The summed E-state index contributed by atoms with van der Waals surface area (Å²) in [4.78, 5) is -0.454. The van der Waals surface area contributed by atoms with Crippen molar-refractivity contribution in [2.45, 2.75) is 4.96 Å². The molecule has 0 saturated carbocycles. The first kappa shape index (κ1) is 8.50. The Morgan fingerprint density at radius 2 is 1.50 bits per heavy atom. The van der Waals surface area contributed by atoms with Gasteiger partial charge in [-0.3, -0.25) is 0 Å². The summed E-state index contributed by atoms with van der Waals surface area (Å²) in [6.07, 6.45) is 0. The number of nitrogens with zero attached hydrogens (tertiary/aromatic N) is 2. The summed E-state index contributed by atoms with van der Waals surface area (Å²) in [6, 6.07) is 0. The van der Waals surface area contributed by atoms with Gasteiger partial charge in [0.1, 0.15) is 0 Å². The fourth-order valence-electron chi connectivity index (χ4n) is 0.175. The minimum atomic E-state index is -0.454. The van der Waals surface area contributed by atoms with E-state index in [1.54, 1.807) is 5.01 Å². The molecular weight excluding hydrogens is 147 g/mol. The van der Waals surface area contributed by atoms with Crippen LogP contribution in [0.2, 0.25) is 0 Å². The Balaban J connectivity index is 3.46. The summed E-state index contributed by atoms with van der Waals surface area (Å²) in [7, 11) is 5.56. The van der Waals surface area contributed by atoms with Crippen molar-refractivity contribution in [2.24, 2.45) is 0 Å². The largest absolute Gasteiger partial charge is 0.246 e. The van der Waals surface area contributed by atoms with E-state index in [0.717, 1.165) is 0 Å². The molecule has 2 nitrogen and oxygen atoms in total. The minimum absolute atomic E-state index is 0.454. The van der Waals surface area contributed by atoms with Gasteiger partial charge < -0.3 is 0 Å². The highest BCUT2D eigenvalue weighted by Gasteiger charge is 2.07. The number of hydrogen-bond acceptors (Lipinski definition) is 2. The third kappa shape index (κ3) is 2.72. The van der Waals surface area contributed by atoms with Crippen molar-refractivity contribution in [1.29, 1.82) is 0 Å². The van der Waals surface area contributed by atoms with Gasteiger partial charge in [-0.15, -0.1) is 0 Å². The molecule has 4 heteroatoms. The van der Waals surface area contributed by atoms with Gasteiger partial charge in [0.15, 0.2) is 4.96 Å². The Kier molecular flexibility index (Phi) is 3.73. The van der Waals surface area contributed by atoms with Gasteiger partial charge in [-0.1, -0.05) is 23.2 Å². The van der Waals surface area contributed by atoms with Gasteiger partial charge in [0.05, 0.1) is 0 Å². The predicted octanol–water partition coefficient (Wildman–Crippen LogP) is 1.16. The second-order valence-electron chi connectivity index (χ2n) is 1.70. The van der Waals surface area contributed by atoms with Gasteiger partial charge in [0, 0.05) is 21.1 Å². The Morgan fingerprint density at radius 1 is 1.12 bits per heavy atom. The molecule has 0 unspecified atom stereocenters. The van der Waals surface area contributed by atoms with E-state index in [-0.39, 0.29) is 0 Å². The molecule has 0 N–H and O–H groups in total. The van der Waals surface area contributed by atoms with Crippen molar-refractivity contribution in [1.82, 2.24) is 10.0 Å². The van der Waals surface area contributed by atoms with E-state index in [2.05, 4.69) is 0 Å². The fourth-order valence-corrected chi connectivity index (χ4v) is 0.524. The van der Waals surface area contributed by atoms with Gasteiger partial charge >= 0.3 is 0 Å². The maximum absolute atomic E-state index is 5.47. The van der Waals surface area contributed by atoms with Crippen LogP contribution in [-0.4, -0.2) is 36.1 Å². The molecule has 0 aliphatic heterocycles. The number of halogens is 2. The molecule has 8 heavy (non-hydrogen) atoms. The zero-order valence-corrected chi connectivity index (χ0v) is 6.74. The van der Waals surface area contributed by atoms with Crippen molar-refractivity contribution in [3.05, 3.63) is 0 Å². The van der Waals surface area contributed by atoms with E-state index in [1.807, 2.05) is 26.2 Å². The minimum Gasteiger partial charge on any atom is -0.246 e. The van der Waals surface area contributed by atoms with Crippen LogP contribution in [0.3, 0.4) is 0 Å². The van der Waals surface area contributed by atoms with Gasteiger partial charge in [-0.25, -0.2) is 10.0 Å². The molecule has 0 heterocycles. The lowest BCUT2D eigenvalue weighted by atomic mass is 11.0. The zero-order valence-electron chi connectivity index (χ0n) is 5.23. The quantitative estimate of drug-likeness (QED) is 0.337. The standard InChI is InChI=1S/C4H10Cl2N2/c1-7(2)8(3)4(5)6/h4H,1-3H3. The van der Waals surface area contributed by atoms with Crippen LogP contribution in [0.1, 0.15) is 0 Å². The van der Waals surface area contributed by atoms with Crippen LogP contribution in [0.25, 0.3) is 0 Å². The van der Waals surface area contributed by atoms with E-state index in [1.165, 1.54) is 0 Å². The predicted molar refractivity (Wildman–Crippen MR) is 36.9 cm³/mol. The number of rotatable bonds is 2. The Hall–Kier alpha value is 0.500. The molecule has 0 saturated heterocycles. The van der Waals surface area contributed by atoms with E-state index >= 15 is 0 Å². The van der Waals surface area contributed by atoms with Crippen LogP contribution in [0.4, 0.5) is 0 Å². The Morgan fingerprint density at radius 3 is 1.50 bits per heavy atom. The molecule has 0 aromatic carbocycles. The lowest BCUT2D eigenvalue weighted by molar-refractivity contribution is 0.0660. The van der Waals surface area contributed by atoms with Crippen molar-refractivity contribution < 1.29 is 0 Å². The van der Waals surface area contributed by atoms with Crippen LogP contribution < -0.4 is 0 Å². The molecule has 0 atom stereocenters. The molecule has 0 aliphatic carbocycles. The second kappa shape index (κ2) is 3.51. The van der Waals surface area contributed by atoms with Gasteiger partial charge in [0.25, 0.3) is 0 Å². The number of alkyl halides is 2. The van der Waals surface area contributed by atoms with E-state index in [4.69, 9.17) is 23.2 Å². The van der Waals surface area contributed by atoms with Crippen LogP contribution in [0.5, 0.6) is 0 Å². The van der Waals surface area contributed by atoms with Crippen LogP contribution in [0, 0.1) is 0 Å². The van der Waals surface area contributed by atoms with Gasteiger partial charge in [-0.05, 0) is 0 Å². The second-order valence-corrected chi connectivity index (χ2v) is 2.75. The molecule has 50 valence electrons. The zero-order chi connectivity index (χ0) is 6.73. The first-order chi connectivity index (χ1) is 3.55. The molecule has 0 rings (SSSR count). The highest BCUT2D eigenvalue weighted by molar-refractivity contribution is 6.43. The van der Waals surface area contributed by atoms with Crippen LogP contribution in [-0.2, 0) is 0 Å². The smallest absolute Gasteiger partial charge is 0.172 e. The molecule has 0 bridgehead atoms. The highest BCUT2D eigenvalue weighted by Crippen LogP contribution is 2.06. The molecule has 0 radical (unpaired) electrons. The lowest BCUT2D eigenvalue weighted by Crippen LogP contribution is -2.35. The Labute approximate surface area is 59.9 Å². The number of hydrazine groups is 1. The molecule has 0 spiro atoms. The topological polar surface area (TPSA) is 6.48 Å². The van der Waals surface area contributed by atoms with E-state index < -0.39 is 4.96 Å². The van der Waals surface area contributed by atoms with Crippen molar-refractivity contribution >= 4 is 23.2 Å². The van der Waals surface area contributed by atoms with Crippen molar-refractivity contribution in [3.8, 4) is 0 Å². The summed E-state index contributed by atoms with van der Waals surface area (Å²) >= 11 is 10.9. The SMILES string of the molecule is CN(C)N(C)C(Cl)Cl. The normalized spacial score (nSPS) is 12.0. The summed E-state index contributed by atoms with van der Waals surface area (Å²) in [5.41, 5.74) is 0. The average Bonchev–Trinajstić information content (AvgIpc) is 1.64. The van der Waals surface area contributed by atoms with Crippen LogP contribution >= 0.6 is 23.2 Å². The monoisotopic (exact) mass is 156 g/mol. The fraction of sp³-hybridized carbons (Fsp3) is 1.00. The van der Waals surface area contributed by atoms with Crippen molar-refractivity contribution in [2.75, 3.05) is 21.1 Å². The molecular formula is C4H10Cl2N2. The number of hydrogen-bond donors (Lipinski definition) is 0. The van der Waals surface area contributed by atoms with Gasteiger partial charge in [0.2, 0.25) is 0 Å². The third-order valence-corrected chi connectivity index (χ3v) is 1.48. The summed E-state index contributed by atoms with van der Waals surface area (Å²) < 4.78 is 0.